The zero-order chi connectivity index (χ0) is 21.0. The summed E-state index contributed by atoms with van der Waals surface area (Å²) in [5.41, 5.74) is 5.73. The normalized spacial score (nSPS) is 12.9. The molecule has 0 fully saturated rings. The molecule has 0 saturated carbocycles. The highest BCUT2D eigenvalue weighted by molar-refractivity contribution is 5.82. The Hall–Kier alpha value is -1.26. The molecule has 0 aliphatic carbocycles. The number of aliphatic imine (C=N–C) groups is 1. The largest absolute Gasteiger partial charge is 0.480 e. The summed E-state index contributed by atoms with van der Waals surface area (Å²) in [6.45, 7) is 2.27. The second-order valence-corrected chi connectivity index (χ2v) is 8.33. The number of rotatable bonds is 19. The molecule has 0 rings (SSSR count). The molecule has 1 atom stereocenters. The lowest BCUT2D eigenvalue weighted by atomic mass is 10.0. The Morgan fingerprint density at radius 3 is 1.46 bits per heavy atom. The Bertz CT molecular complexity index is 397. The molecular formula is C23H47N3O2. The molecule has 0 aliphatic heterocycles. The van der Waals surface area contributed by atoms with E-state index in [0.717, 1.165) is 12.8 Å². The van der Waals surface area contributed by atoms with Crippen LogP contribution in [0.5, 0.6) is 0 Å². The van der Waals surface area contributed by atoms with Crippen molar-refractivity contribution in [2.45, 2.75) is 122 Å². The average Bonchev–Trinajstić information content (AvgIpc) is 2.66. The minimum Gasteiger partial charge on any atom is -0.480 e. The van der Waals surface area contributed by atoms with Crippen LogP contribution in [0.25, 0.3) is 0 Å². The molecule has 166 valence electrons. The van der Waals surface area contributed by atoms with E-state index in [4.69, 9.17) is 5.73 Å². The monoisotopic (exact) mass is 397 g/mol. The van der Waals surface area contributed by atoms with Gasteiger partial charge in [-0.2, -0.15) is 0 Å². The van der Waals surface area contributed by atoms with Crippen LogP contribution >= 0.6 is 0 Å². The summed E-state index contributed by atoms with van der Waals surface area (Å²) in [7, 11) is 3.54. The number of carboxylic acids is 1. The van der Waals surface area contributed by atoms with Gasteiger partial charge in [0.1, 0.15) is 0 Å². The zero-order valence-electron chi connectivity index (χ0n) is 18.9. The third kappa shape index (κ3) is 16.9. The van der Waals surface area contributed by atoms with Gasteiger partial charge in [-0.05, 0) is 6.42 Å². The van der Waals surface area contributed by atoms with Crippen molar-refractivity contribution in [2.24, 2.45) is 10.7 Å². The Morgan fingerprint density at radius 2 is 1.14 bits per heavy atom. The fourth-order valence-electron chi connectivity index (χ4n) is 3.40. The maximum Gasteiger partial charge on any atom is 0.328 e. The number of hydrogen-bond acceptors (Lipinski definition) is 2. The van der Waals surface area contributed by atoms with Gasteiger partial charge < -0.3 is 15.7 Å². The Labute approximate surface area is 174 Å². The highest BCUT2D eigenvalue weighted by Gasteiger charge is 2.16. The first-order chi connectivity index (χ1) is 13.5. The molecule has 0 aromatic carbocycles. The number of nitrogens with two attached hydrogens (primary N) is 1. The third-order valence-electron chi connectivity index (χ3n) is 5.36. The van der Waals surface area contributed by atoms with Crippen LogP contribution < -0.4 is 5.73 Å². The minimum absolute atomic E-state index is 0.281. The molecule has 0 spiro atoms. The molecule has 0 amide bonds. The quantitative estimate of drug-likeness (QED) is 0.160. The van der Waals surface area contributed by atoms with Crippen LogP contribution in [-0.2, 0) is 4.79 Å². The second-order valence-electron chi connectivity index (χ2n) is 8.33. The van der Waals surface area contributed by atoms with Gasteiger partial charge in [-0.15, -0.1) is 0 Å². The molecule has 0 saturated heterocycles. The second kappa shape index (κ2) is 19.1. The molecule has 5 heteroatoms. The van der Waals surface area contributed by atoms with Gasteiger partial charge in [0.15, 0.2) is 12.0 Å². The van der Waals surface area contributed by atoms with Crippen LogP contribution in [0, 0.1) is 0 Å². The van der Waals surface area contributed by atoms with E-state index in [1.165, 1.54) is 89.9 Å². The number of carbonyl (C=O) groups is 1. The molecule has 0 aromatic heterocycles. The topological polar surface area (TPSA) is 78.9 Å². The van der Waals surface area contributed by atoms with Crippen LogP contribution in [0.3, 0.4) is 0 Å². The summed E-state index contributed by atoms with van der Waals surface area (Å²) >= 11 is 0. The van der Waals surface area contributed by atoms with E-state index in [1.807, 2.05) is 0 Å². The fourth-order valence-corrected chi connectivity index (χ4v) is 3.40. The Kier molecular flexibility index (Phi) is 18.2. The number of hydrogen-bond donors (Lipinski definition) is 2. The molecule has 28 heavy (non-hydrogen) atoms. The summed E-state index contributed by atoms with van der Waals surface area (Å²) in [6, 6.07) is -0.714. The van der Waals surface area contributed by atoms with Gasteiger partial charge in [-0.25, -0.2) is 9.79 Å². The Morgan fingerprint density at radius 1 is 0.786 bits per heavy atom. The van der Waals surface area contributed by atoms with E-state index >= 15 is 0 Å². The van der Waals surface area contributed by atoms with Crippen molar-refractivity contribution in [3.8, 4) is 0 Å². The maximum absolute atomic E-state index is 11.3. The summed E-state index contributed by atoms with van der Waals surface area (Å²) < 4.78 is 0. The average molecular weight is 398 g/mol. The highest BCUT2D eigenvalue weighted by Crippen LogP contribution is 2.15. The molecule has 0 bridgehead atoms. The van der Waals surface area contributed by atoms with E-state index < -0.39 is 12.0 Å². The van der Waals surface area contributed by atoms with E-state index in [0.29, 0.717) is 6.42 Å². The van der Waals surface area contributed by atoms with Crippen molar-refractivity contribution < 1.29 is 9.90 Å². The van der Waals surface area contributed by atoms with Crippen molar-refractivity contribution in [1.29, 1.82) is 0 Å². The van der Waals surface area contributed by atoms with Crippen molar-refractivity contribution in [1.82, 2.24) is 4.90 Å². The molecule has 3 N–H and O–H groups in total. The number of nitrogens with zero attached hydrogens (tertiary/aromatic N) is 2. The molecule has 5 nitrogen and oxygen atoms in total. The van der Waals surface area contributed by atoms with E-state index in [2.05, 4.69) is 11.9 Å². The molecule has 0 radical (unpaired) electrons. The standard InChI is InChI=1S/C23H47N3O2/c1-4-5-6-7-8-9-10-11-12-13-14-15-16-17-18-19-20-21(22(27)28)25-23(24)26(2)3/h21H,4-20H2,1-3H3,(H2,24,25)(H,27,28). The van der Waals surface area contributed by atoms with E-state index in [-0.39, 0.29) is 5.96 Å². The summed E-state index contributed by atoms with van der Waals surface area (Å²) in [5.74, 6) is -0.602. The van der Waals surface area contributed by atoms with Crippen LogP contribution in [0.2, 0.25) is 0 Å². The fraction of sp³-hybridized carbons (Fsp3) is 0.913. The summed E-state index contributed by atoms with van der Waals surface area (Å²) in [5, 5.41) is 9.25. The SMILES string of the molecule is CCCCCCCCCCCCCCCCCCC(N=C(N)N(C)C)C(=O)O. The number of carboxylic acid groups (broad SMARTS) is 1. The predicted octanol–water partition coefficient (Wildman–Crippen LogP) is 5.97. The van der Waals surface area contributed by atoms with Crippen molar-refractivity contribution >= 4 is 11.9 Å². The first-order valence-electron chi connectivity index (χ1n) is 11.7. The first-order valence-corrected chi connectivity index (χ1v) is 11.7. The lowest BCUT2D eigenvalue weighted by Crippen LogP contribution is -2.33. The third-order valence-corrected chi connectivity index (χ3v) is 5.36. The van der Waals surface area contributed by atoms with Gasteiger partial charge >= 0.3 is 5.97 Å². The van der Waals surface area contributed by atoms with Crippen LogP contribution in [-0.4, -0.2) is 42.1 Å². The predicted molar refractivity (Wildman–Crippen MR) is 121 cm³/mol. The summed E-state index contributed by atoms with van der Waals surface area (Å²) in [4.78, 5) is 17.0. The van der Waals surface area contributed by atoms with Gasteiger partial charge in [-0.1, -0.05) is 110 Å². The molecular weight excluding hydrogens is 350 g/mol. The van der Waals surface area contributed by atoms with Crippen LogP contribution in [0.15, 0.2) is 4.99 Å². The lowest BCUT2D eigenvalue weighted by Gasteiger charge is -2.14. The van der Waals surface area contributed by atoms with Gasteiger partial charge in [0.05, 0.1) is 0 Å². The zero-order valence-corrected chi connectivity index (χ0v) is 18.9. The van der Waals surface area contributed by atoms with E-state index in [1.54, 1.807) is 19.0 Å². The molecule has 0 aromatic rings. The molecule has 1 unspecified atom stereocenters. The van der Waals surface area contributed by atoms with Crippen LogP contribution in [0.4, 0.5) is 0 Å². The van der Waals surface area contributed by atoms with Gasteiger partial charge in [0.25, 0.3) is 0 Å². The number of guanidine groups is 1. The first kappa shape index (κ1) is 26.7. The van der Waals surface area contributed by atoms with Gasteiger partial charge in [-0.3, -0.25) is 0 Å². The smallest absolute Gasteiger partial charge is 0.328 e. The number of aliphatic carboxylic acids is 1. The number of unbranched alkanes of at least 4 members (excludes halogenated alkanes) is 15. The van der Waals surface area contributed by atoms with Crippen LogP contribution in [0.1, 0.15) is 116 Å². The maximum atomic E-state index is 11.3. The van der Waals surface area contributed by atoms with Crippen molar-refractivity contribution in [3.05, 3.63) is 0 Å². The van der Waals surface area contributed by atoms with Crippen molar-refractivity contribution in [3.63, 3.8) is 0 Å². The molecule has 0 aliphatic rings. The highest BCUT2D eigenvalue weighted by atomic mass is 16.4. The van der Waals surface area contributed by atoms with Crippen molar-refractivity contribution in [2.75, 3.05) is 14.1 Å². The van der Waals surface area contributed by atoms with E-state index in [9.17, 15) is 9.90 Å². The summed E-state index contributed by atoms with van der Waals surface area (Å²) in [6.07, 6.45) is 21.7. The molecule has 0 heterocycles. The lowest BCUT2D eigenvalue weighted by molar-refractivity contribution is -0.138. The Balaban J connectivity index is 3.45. The minimum atomic E-state index is -0.884. The van der Waals surface area contributed by atoms with Gasteiger partial charge in [0.2, 0.25) is 0 Å². The van der Waals surface area contributed by atoms with Gasteiger partial charge in [0, 0.05) is 14.1 Å².